The van der Waals surface area contributed by atoms with Crippen molar-refractivity contribution in [1.82, 2.24) is 5.32 Å². The largest absolute Gasteiger partial charge is 0.461 e. The van der Waals surface area contributed by atoms with Crippen LogP contribution in [0.4, 0.5) is 52.7 Å². The predicted octanol–water partition coefficient (Wildman–Crippen LogP) is 8.12. The normalized spacial score (nSPS) is 14.5. The molecule has 3 rings (SSSR count). The number of aliphatic hydroxyl groups is 1. The van der Waals surface area contributed by atoms with Gasteiger partial charge in [-0.25, -0.2) is 0 Å². The molecule has 3 aromatic carbocycles. The minimum Gasteiger partial charge on any atom is -0.457 e. The maximum Gasteiger partial charge on any atom is 0.461 e. The van der Waals surface area contributed by atoms with Crippen molar-refractivity contribution in [3.05, 3.63) is 89.5 Å². The van der Waals surface area contributed by atoms with Crippen molar-refractivity contribution in [3.63, 3.8) is 0 Å². The van der Waals surface area contributed by atoms with E-state index in [4.69, 9.17) is 4.74 Å². The zero-order chi connectivity index (χ0) is 31.5. The first-order chi connectivity index (χ1) is 19.3. The monoisotopic (exact) mass is 621 g/mol. The average molecular weight is 621 g/mol. The van der Waals surface area contributed by atoms with Crippen LogP contribution >= 0.6 is 0 Å². The van der Waals surface area contributed by atoms with E-state index in [2.05, 4.69) is 10.1 Å². The summed E-state index contributed by atoms with van der Waals surface area (Å²) in [5.74, 6) is -6.42. The van der Waals surface area contributed by atoms with E-state index in [1.165, 1.54) is 18.2 Å². The predicted molar refractivity (Wildman–Crippen MR) is 123 cm³/mol. The summed E-state index contributed by atoms with van der Waals surface area (Å²) < 4.78 is 167. The number of halogens is 12. The molecule has 0 bridgehead atoms. The summed E-state index contributed by atoms with van der Waals surface area (Å²) in [6.45, 7) is -0.692. The molecule has 2 unspecified atom stereocenters. The van der Waals surface area contributed by atoms with Gasteiger partial charge in [0, 0.05) is 18.2 Å². The van der Waals surface area contributed by atoms with Gasteiger partial charge < -0.3 is 19.9 Å². The van der Waals surface area contributed by atoms with Gasteiger partial charge in [-0.3, -0.25) is 0 Å². The second kappa shape index (κ2) is 12.3. The standard InChI is InChI=1S/C26H19F12NO3/c27-22(28)25(34,35)42-19-9-3-8-18(12-19)41-17-7-2-5-15(11-17)20(21(40)24(31,32)33)39-13-14-4-1-6-16(10-14)23(29,30)26(36,37)38/h1-12,20-22,39-40H,13H2. The van der Waals surface area contributed by atoms with Gasteiger partial charge in [-0.15, -0.1) is 0 Å². The topological polar surface area (TPSA) is 50.7 Å². The average Bonchev–Trinajstić information content (AvgIpc) is 2.88. The molecule has 0 radical (unpaired) electrons. The van der Waals surface area contributed by atoms with Crippen LogP contribution in [0.5, 0.6) is 17.2 Å². The summed E-state index contributed by atoms with van der Waals surface area (Å²) in [7, 11) is 0. The minimum atomic E-state index is -5.93. The molecule has 2 atom stereocenters. The highest BCUT2D eigenvalue weighted by Gasteiger charge is 2.58. The highest BCUT2D eigenvalue weighted by Crippen LogP contribution is 2.44. The van der Waals surface area contributed by atoms with Crippen LogP contribution in [-0.4, -0.2) is 36.1 Å². The molecule has 42 heavy (non-hydrogen) atoms. The van der Waals surface area contributed by atoms with Crippen molar-refractivity contribution in [2.24, 2.45) is 0 Å². The number of hydrogen-bond acceptors (Lipinski definition) is 4. The number of nitrogens with one attached hydrogen (secondary N) is 1. The zero-order valence-electron chi connectivity index (χ0n) is 20.7. The minimum absolute atomic E-state index is 0.210. The van der Waals surface area contributed by atoms with Gasteiger partial charge in [0.05, 0.1) is 6.04 Å². The Morgan fingerprint density at radius 2 is 1.29 bits per heavy atom. The molecule has 3 aromatic rings. The maximum absolute atomic E-state index is 13.7. The van der Waals surface area contributed by atoms with Gasteiger partial charge in [0.15, 0.2) is 6.10 Å². The molecule has 2 N–H and O–H groups in total. The third kappa shape index (κ3) is 8.00. The number of rotatable bonds is 11. The number of alkyl halides is 12. The van der Waals surface area contributed by atoms with Crippen LogP contribution in [0.2, 0.25) is 0 Å². The zero-order valence-corrected chi connectivity index (χ0v) is 20.7. The van der Waals surface area contributed by atoms with E-state index in [0.29, 0.717) is 12.1 Å². The summed E-state index contributed by atoms with van der Waals surface area (Å²) in [6, 6.07) is 9.36. The van der Waals surface area contributed by atoms with Gasteiger partial charge in [-0.2, -0.15) is 52.7 Å². The van der Waals surface area contributed by atoms with Gasteiger partial charge in [-0.1, -0.05) is 36.4 Å². The fraction of sp³-hybridized carbons (Fsp3) is 0.308. The SMILES string of the molecule is OC(C(NCc1cccc(C(F)(F)C(F)(F)F)c1)c1cccc(Oc2cccc(OC(F)(F)C(F)F)c2)c1)C(F)(F)F. The van der Waals surface area contributed by atoms with E-state index in [-0.39, 0.29) is 22.6 Å². The van der Waals surface area contributed by atoms with Gasteiger partial charge in [0.1, 0.15) is 17.2 Å². The Labute approximate surface area is 229 Å². The fourth-order valence-corrected chi connectivity index (χ4v) is 3.58. The molecule has 0 amide bonds. The molecular formula is C26H19F12NO3. The Hall–Kier alpha value is -3.66. The van der Waals surface area contributed by atoms with Crippen LogP contribution in [-0.2, 0) is 12.5 Å². The van der Waals surface area contributed by atoms with Gasteiger partial charge in [-0.05, 0) is 41.5 Å². The molecule has 0 spiro atoms. The summed E-state index contributed by atoms with van der Waals surface area (Å²) in [6.07, 6.45) is -23.2. The Morgan fingerprint density at radius 3 is 1.88 bits per heavy atom. The second-order valence-corrected chi connectivity index (χ2v) is 8.73. The van der Waals surface area contributed by atoms with E-state index in [1.54, 1.807) is 0 Å². The highest BCUT2D eigenvalue weighted by atomic mass is 19.4. The first-order valence-corrected chi connectivity index (χ1v) is 11.6. The quantitative estimate of drug-likeness (QED) is 0.213. The Kier molecular flexibility index (Phi) is 9.61. The van der Waals surface area contributed by atoms with Crippen molar-refractivity contribution < 1.29 is 67.3 Å². The van der Waals surface area contributed by atoms with Crippen LogP contribution in [0.3, 0.4) is 0 Å². The van der Waals surface area contributed by atoms with Gasteiger partial charge in [0.25, 0.3) is 0 Å². The third-order valence-corrected chi connectivity index (χ3v) is 5.59. The highest BCUT2D eigenvalue weighted by molar-refractivity contribution is 5.39. The lowest BCUT2D eigenvalue weighted by atomic mass is 9.99. The molecule has 0 aliphatic carbocycles. The number of ether oxygens (including phenoxy) is 2. The van der Waals surface area contributed by atoms with Gasteiger partial charge >= 0.3 is 30.8 Å². The number of hydrogen-bond donors (Lipinski definition) is 2. The van der Waals surface area contributed by atoms with Crippen LogP contribution < -0.4 is 14.8 Å². The Morgan fingerprint density at radius 1 is 0.714 bits per heavy atom. The summed E-state index contributed by atoms with van der Waals surface area (Å²) in [5.41, 5.74) is -2.00. The molecule has 0 fully saturated rings. The first-order valence-electron chi connectivity index (χ1n) is 11.6. The molecule has 16 heteroatoms. The number of aliphatic hydroxyl groups excluding tert-OH is 1. The molecule has 0 saturated carbocycles. The lowest BCUT2D eigenvalue weighted by Gasteiger charge is -2.27. The van der Waals surface area contributed by atoms with Crippen LogP contribution in [0, 0.1) is 0 Å². The molecule has 0 aliphatic heterocycles. The van der Waals surface area contributed by atoms with Crippen molar-refractivity contribution >= 4 is 0 Å². The van der Waals surface area contributed by atoms with E-state index in [1.807, 2.05) is 0 Å². The van der Waals surface area contributed by atoms with Crippen LogP contribution in [0.1, 0.15) is 22.7 Å². The molecule has 0 aliphatic rings. The fourth-order valence-electron chi connectivity index (χ4n) is 3.58. The lowest BCUT2D eigenvalue weighted by molar-refractivity contribution is -0.289. The molecule has 0 aromatic heterocycles. The van der Waals surface area contributed by atoms with Gasteiger partial charge in [0.2, 0.25) is 0 Å². The molecule has 4 nitrogen and oxygen atoms in total. The molecule has 0 saturated heterocycles. The van der Waals surface area contributed by atoms with Crippen molar-refractivity contribution in [2.45, 2.75) is 49.5 Å². The van der Waals surface area contributed by atoms with E-state index in [0.717, 1.165) is 42.5 Å². The number of benzene rings is 3. The summed E-state index contributed by atoms with van der Waals surface area (Å²) in [4.78, 5) is 0. The summed E-state index contributed by atoms with van der Waals surface area (Å²) in [5, 5.41) is 12.3. The maximum atomic E-state index is 13.7. The summed E-state index contributed by atoms with van der Waals surface area (Å²) >= 11 is 0. The Bertz CT molecular complexity index is 1340. The third-order valence-electron chi connectivity index (χ3n) is 5.59. The smallest absolute Gasteiger partial charge is 0.457 e. The van der Waals surface area contributed by atoms with Crippen LogP contribution in [0.25, 0.3) is 0 Å². The van der Waals surface area contributed by atoms with E-state index in [9.17, 15) is 57.8 Å². The first kappa shape index (κ1) is 32.8. The molecular weight excluding hydrogens is 602 g/mol. The van der Waals surface area contributed by atoms with E-state index >= 15 is 0 Å². The molecule has 230 valence electrons. The van der Waals surface area contributed by atoms with Crippen LogP contribution in [0.15, 0.2) is 72.8 Å². The van der Waals surface area contributed by atoms with Crippen molar-refractivity contribution in [3.8, 4) is 17.2 Å². The van der Waals surface area contributed by atoms with Crippen molar-refractivity contribution in [1.29, 1.82) is 0 Å². The lowest BCUT2D eigenvalue weighted by Crippen LogP contribution is -2.41. The van der Waals surface area contributed by atoms with E-state index < -0.39 is 60.8 Å². The second-order valence-electron chi connectivity index (χ2n) is 8.73. The van der Waals surface area contributed by atoms with Crippen molar-refractivity contribution in [2.75, 3.05) is 0 Å². The Balaban J connectivity index is 1.86. The molecule has 0 heterocycles.